The molecule has 1 atom stereocenters. The van der Waals surface area contributed by atoms with Crippen molar-refractivity contribution in [3.63, 3.8) is 0 Å². The summed E-state index contributed by atoms with van der Waals surface area (Å²) in [5.41, 5.74) is 4.25. The molecule has 0 spiro atoms. The minimum Gasteiger partial charge on any atom is -0.399 e. The number of aliphatic hydroxyl groups is 1. The van der Waals surface area contributed by atoms with E-state index in [2.05, 4.69) is 16.1 Å². The van der Waals surface area contributed by atoms with Gasteiger partial charge in [-0.3, -0.25) is 4.79 Å². The lowest BCUT2D eigenvalue weighted by molar-refractivity contribution is 0.0674. The molecule has 172 valence electrons. The van der Waals surface area contributed by atoms with Crippen LogP contribution in [-0.2, 0) is 9.57 Å². The van der Waals surface area contributed by atoms with Gasteiger partial charge in [-0.25, -0.2) is 4.98 Å². The van der Waals surface area contributed by atoms with Crippen LogP contribution in [0.3, 0.4) is 0 Å². The third-order valence-corrected chi connectivity index (χ3v) is 6.11. The molecule has 2 aliphatic rings. The van der Waals surface area contributed by atoms with Crippen LogP contribution in [0.2, 0.25) is 0 Å². The van der Waals surface area contributed by atoms with Crippen molar-refractivity contribution >= 4 is 17.4 Å². The van der Waals surface area contributed by atoms with Gasteiger partial charge in [0, 0.05) is 25.1 Å². The molecule has 2 saturated heterocycles. The summed E-state index contributed by atoms with van der Waals surface area (Å²) in [5.74, 6) is 0.423. The van der Waals surface area contributed by atoms with E-state index in [1.54, 1.807) is 17.0 Å². The number of rotatable bonds is 5. The number of aromatic nitrogens is 1. The van der Waals surface area contributed by atoms with E-state index in [-0.39, 0.29) is 25.1 Å². The summed E-state index contributed by atoms with van der Waals surface area (Å²) < 4.78 is 5.51. The lowest BCUT2D eigenvalue weighted by atomic mass is 9.96. The van der Waals surface area contributed by atoms with Gasteiger partial charge in [0.2, 0.25) is 0 Å². The molecule has 1 unspecified atom stereocenters. The SMILES string of the molecule is CO/N=C1/CC(CO)N(C(=O)c2ccc(-c3cccc(C#N)c3C)c(N3CCOCC3)n2)C1. The Balaban J connectivity index is 1.75. The summed E-state index contributed by atoms with van der Waals surface area (Å²) >= 11 is 0. The van der Waals surface area contributed by atoms with Gasteiger partial charge in [0.25, 0.3) is 5.91 Å². The van der Waals surface area contributed by atoms with Crippen LogP contribution in [0.25, 0.3) is 11.1 Å². The predicted molar refractivity (Wildman–Crippen MR) is 123 cm³/mol. The molecule has 1 amide bonds. The molecule has 0 radical (unpaired) electrons. The molecule has 9 nitrogen and oxygen atoms in total. The molecule has 1 aromatic carbocycles. The molecular weight excluding hydrogens is 422 g/mol. The van der Waals surface area contributed by atoms with Crippen LogP contribution in [0.15, 0.2) is 35.5 Å². The Bertz CT molecular complexity index is 1100. The molecule has 0 aliphatic carbocycles. The van der Waals surface area contributed by atoms with Crippen molar-refractivity contribution in [1.29, 1.82) is 5.26 Å². The average Bonchev–Trinajstić information content (AvgIpc) is 3.27. The standard InChI is InChI=1S/C24H27N5O4/c1-16-17(13-25)4-3-5-20(16)21-6-7-22(26-23(21)28-8-10-33-11-9-28)24(31)29-14-18(27-32-2)12-19(29)15-30/h3-7,19,30H,8-12,14-15H2,1-2H3/b27-18-. The van der Waals surface area contributed by atoms with Crippen LogP contribution < -0.4 is 4.90 Å². The number of hydrogen-bond acceptors (Lipinski definition) is 8. The summed E-state index contributed by atoms with van der Waals surface area (Å²) in [6.45, 7) is 4.51. The normalized spacial score (nSPS) is 19.6. The van der Waals surface area contributed by atoms with E-state index in [9.17, 15) is 15.2 Å². The smallest absolute Gasteiger partial charge is 0.273 e. The number of ether oxygens (including phenoxy) is 1. The first-order chi connectivity index (χ1) is 16.1. The highest BCUT2D eigenvalue weighted by Crippen LogP contribution is 2.34. The second-order valence-electron chi connectivity index (χ2n) is 8.07. The summed E-state index contributed by atoms with van der Waals surface area (Å²) in [5, 5.41) is 23.2. The maximum atomic E-state index is 13.4. The van der Waals surface area contributed by atoms with Gasteiger partial charge in [-0.15, -0.1) is 0 Å². The largest absolute Gasteiger partial charge is 0.399 e. The molecule has 1 N–H and O–H groups in total. The second kappa shape index (κ2) is 9.98. The monoisotopic (exact) mass is 449 g/mol. The molecule has 2 aliphatic heterocycles. The number of carbonyl (C=O) groups is 1. The summed E-state index contributed by atoms with van der Waals surface area (Å²) in [6.07, 6.45) is 0.463. The minimum absolute atomic E-state index is 0.164. The molecule has 0 bridgehead atoms. The Hall–Kier alpha value is -3.48. The predicted octanol–water partition coefficient (Wildman–Crippen LogP) is 1.97. The zero-order valence-corrected chi connectivity index (χ0v) is 18.8. The number of benzene rings is 1. The van der Waals surface area contributed by atoms with E-state index < -0.39 is 0 Å². The summed E-state index contributed by atoms with van der Waals surface area (Å²) in [4.78, 5) is 26.7. The van der Waals surface area contributed by atoms with E-state index in [0.717, 1.165) is 16.7 Å². The number of likely N-dealkylation sites (tertiary alicyclic amines) is 1. The molecule has 3 heterocycles. The molecule has 33 heavy (non-hydrogen) atoms. The third-order valence-electron chi connectivity index (χ3n) is 6.11. The van der Waals surface area contributed by atoms with Gasteiger partial charge < -0.3 is 24.5 Å². The van der Waals surface area contributed by atoms with E-state index in [1.807, 2.05) is 25.1 Å². The van der Waals surface area contributed by atoms with Crippen molar-refractivity contribution in [3.8, 4) is 17.2 Å². The van der Waals surface area contributed by atoms with Crippen LogP contribution in [0.5, 0.6) is 0 Å². The van der Waals surface area contributed by atoms with Crippen LogP contribution in [0.4, 0.5) is 5.82 Å². The number of nitriles is 1. The third kappa shape index (κ3) is 4.53. The molecule has 2 aromatic rings. The zero-order chi connectivity index (χ0) is 23.4. The highest BCUT2D eigenvalue weighted by Gasteiger charge is 2.34. The Kier molecular flexibility index (Phi) is 6.87. The highest BCUT2D eigenvalue weighted by molar-refractivity contribution is 6.00. The molecule has 4 rings (SSSR count). The number of amides is 1. The van der Waals surface area contributed by atoms with Crippen molar-refractivity contribution in [2.24, 2.45) is 5.16 Å². The maximum Gasteiger partial charge on any atom is 0.273 e. The lowest BCUT2D eigenvalue weighted by Gasteiger charge is -2.30. The van der Waals surface area contributed by atoms with Crippen molar-refractivity contribution in [3.05, 3.63) is 47.2 Å². The summed E-state index contributed by atoms with van der Waals surface area (Å²) in [7, 11) is 1.46. The van der Waals surface area contributed by atoms with Gasteiger partial charge in [-0.1, -0.05) is 17.3 Å². The number of hydrogen-bond donors (Lipinski definition) is 1. The fourth-order valence-corrected chi connectivity index (χ4v) is 4.36. The number of morpholine rings is 1. The quantitative estimate of drug-likeness (QED) is 0.695. The van der Waals surface area contributed by atoms with Gasteiger partial charge in [0.15, 0.2) is 0 Å². The average molecular weight is 450 g/mol. The zero-order valence-electron chi connectivity index (χ0n) is 18.8. The minimum atomic E-state index is -0.366. The van der Waals surface area contributed by atoms with Gasteiger partial charge in [-0.2, -0.15) is 5.26 Å². The number of pyridine rings is 1. The topological polar surface area (TPSA) is 111 Å². The fourth-order valence-electron chi connectivity index (χ4n) is 4.36. The van der Waals surface area contributed by atoms with E-state index in [1.165, 1.54) is 7.11 Å². The van der Waals surface area contributed by atoms with E-state index in [4.69, 9.17) is 14.6 Å². The molecule has 9 heteroatoms. The van der Waals surface area contributed by atoms with Gasteiger partial charge in [0.05, 0.1) is 49.8 Å². The van der Waals surface area contributed by atoms with Gasteiger partial charge in [0.1, 0.15) is 18.6 Å². The van der Waals surface area contributed by atoms with Gasteiger partial charge >= 0.3 is 0 Å². The Morgan fingerprint density at radius 2 is 2.09 bits per heavy atom. The first-order valence-corrected chi connectivity index (χ1v) is 10.9. The maximum absolute atomic E-state index is 13.4. The van der Waals surface area contributed by atoms with Gasteiger partial charge in [-0.05, 0) is 36.2 Å². The number of carbonyl (C=O) groups excluding carboxylic acids is 1. The van der Waals surface area contributed by atoms with Crippen molar-refractivity contribution < 1.29 is 19.5 Å². The number of nitrogens with zero attached hydrogens (tertiary/aromatic N) is 5. The lowest BCUT2D eigenvalue weighted by Crippen LogP contribution is -2.39. The Morgan fingerprint density at radius 3 is 2.79 bits per heavy atom. The number of anilines is 1. The van der Waals surface area contributed by atoms with Crippen LogP contribution >= 0.6 is 0 Å². The first-order valence-electron chi connectivity index (χ1n) is 10.9. The molecule has 1 aromatic heterocycles. The van der Waals surface area contributed by atoms with E-state index >= 15 is 0 Å². The highest BCUT2D eigenvalue weighted by atomic mass is 16.6. The van der Waals surface area contributed by atoms with Crippen LogP contribution in [-0.4, -0.2) is 79.2 Å². The number of oxime groups is 1. The van der Waals surface area contributed by atoms with Crippen LogP contribution in [0, 0.1) is 18.3 Å². The fraction of sp³-hybridized carbons (Fsp3) is 0.417. The molecular formula is C24H27N5O4. The number of aliphatic hydroxyl groups excluding tert-OH is 1. The summed E-state index contributed by atoms with van der Waals surface area (Å²) in [6, 6.07) is 11.1. The molecule has 2 fully saturated rings. The van der Waals surface area contributed by atoms with Crippen LogP contribution in [0.1, 0.15) is 28.0 Å². The molecule has 0 saturated carbocycles. The van der Waals surface area contributed by atoms with Crippen molar-refractivity contribution in [2.75, 3.05) is 51.5 Å². The second-order valence-corrected chi connectivity index (χ2v) is 8.07. The van der Waals surface area contributed by atoms with Crippen molar-refractivity contribution in [1.82, 2.24) is 9.88 Å². The van der Waals surface area contributed by atoms with E-state index in [0.29, 0.717) is 55.5 Å². The Labute approximate surface area is 192 Å². The van der Waals surface area contributed by atoms with Crippen molar-refractivity contribution in [2.45, 2.75) is 19.4 Å². The first kappa shape index (κ1) is 22.7. The Morgan fingerprint density at radius 1 is 1.30 bits per heavy atom.